The van der Waals surface area contributed by atoms with Crippen LogP contribution in [0.1, 0.15) is 44.6 Å². The van der Waals surface area contributed by atoms with E-state index < -0.39 is 0 Å². The highest BCUT2D eigenvalue weighted by atomic mass is 16.6. The summed E-state index contributed by atoms with van der Waals surface area (Å²) in [4.78, 5) is 12.2. The van der Waals surface area contributed by atoms with Crippen molar-refractivity contribution in [2.75, 3.05) is 0 Å². The van der Waals surface area contributed by atoms with Crippen molar-refractivity contribution in [3.8, 4) is 0 Å². The van der Waals surface area contributed by atoms with Crippen LogP contribution >= 0.6 is 0 Å². The second-order valence-corrected chi connectivity index (χ2v) is 6.85. The molecule has 0 radical (unpaired) electrons. The first-order valence-electron chi connectivity index (χ1n) is 8.44. The Morgan fingerprint density at radius 2 is 2.13 bits per heavy atom. The predicted octanol–water partition coefficient (Wildman–Crippen LogP) is 3.55. The Bertz CT molecular complexity index is 584. The number of aliphatic hydroxyl groups excluding tert-OH is 1. The number of rotatable bonds is 3. The second-order valence-electron chi connectivity index (χ2n) is 6.85. The van der Waals surface area contributed by atoms with Gasteiger partial charge in [-0.15, -0.1) is 0 Å². The number of benzene rings is 1. The molecule has 0 bridgehead atoms. The average Bonchev–Trinajstić information content (AvgIpc) is 2.56. The zero-order valence-electron chi connectivity index (χ0n) is 13.6. The summed E-state index contributed by atoms with van der Waals surface area (Å²) in [5.41, 5.74) is 2.19. The van der Waals surface area contributed by atoms with Crippen LogP contribution in [0.5, 0.6) is 0 Å². The molecular formula is C19H25NO3. The van der Waals surface area contributed by atoms with E-state index in [0.29, 0.717) is 13.0 Å². The quantitative estimate of drug-likeness (QED) is 0.839. The van der Waals surface area contributed by atoms with Crippen LogP contribution in [-0.4, -0.2) is 23.4 Å². The average molecular weight is 315 g/mol. The summed E-state index contributed by atoms with van der Waals surface area (Å²) < 4.78 is 5.75. The van der Waals surface area contributed by atoms with Crippen molar-refractivity contribution in [1.82, 2.24) is 5.32 Å². The molecule has 0 aromatic heterocycles. The fourth-order valence-corrected chi connectivity index (χ4v) is 3.76. The largest absolute Gasteiger partial charge is 0.445 e. The molecule has 0 heterocycles. The lowest BCUT2D eigenvalue weighted by Gasteiger charge is -2.45. The lowest BCUT2D eigenvalue weighted by molar-refractivity contribution is -0.00795. The Hall–Kier alpha value is -1.81. The fourth-order valence-electron chi connectivity index (χ4n) is 3.76. The zero-order valence-corrected chi connectivity index (χ0v) is 13.6. The molecule has 124 valence electrons. The molecule has 1 amide bonds. The van der Waals surface area contributed by atoms with Gasteiger partial charge in [-0.25, -0.2) is 4.79 Å². The van der Waals surface area contributed by atoms with Gasteiger partial charge in [0, 0.05) is 12.0 Å². The number of amides is 1. The third-order valence-electron chi connectivity index (χ3n) is 5.25. The van der Waals surface area contributed by atoms with Gasteiger partial charge in [-0.3, -0.25) is 0 Å². The summed E-state index contributed by atoms with van der Waals surface area (Å²) in [5.74, 6) is 0. The molecule has 4 nitrogen and oxygen atoms in total. The van der Waals surface area contributed by atoms with E-state index in [0.717, 1.165) is 31.2 Å². The fraction of sp³-hybridized carbons (Fsp3) is 0.526. The number of nitrogens with one attached hydrogen (secondary N) is 1. The van der Waals surface area contributed by atoms with E-state index in [2.05, 4.69) is 18.3 Å². The van der Waals surface area contributed by atoms with Gasteiger partial charge in [-0.2, -0.15) is 0 Å². The van der Waals surface area contributed by atoms with E-state index in [9.17, 15) is 9.90 Å². The third kappa shape index (κ3) is 3.58. The van der Waals surface area contributed by atoms with Crippen molar-refractivity contribution in [3.05, 3.63) is 47.5 Å². The SMILES string of the molecule is C[C@]12CC[C@H](O)CC1=CCC[C@@H]2OC(=O)NCc1ccccc1. The van der Waals surface area contributed by atoms with Crippen LogP contribution in [0.4, 0.5) is 4.79 Å². The smallest absolute Gasteiger partial charge is 0.407 e. The predicted molar refractivity (Wildman–Crippen MR) is 88.8 cm³/mol. The third-order valence-corrected chi connectivity index (χ3v) is 5.25. The summed E-state index contributed by atoms with van der Waals surface area (Å²) in [6.07, 6.45) is 5.64. The molecule has 2 aliphatic carbocycles. The molecule has 2 aliphatic rings. The summed E-state index contributed by atoms with van der Waals surface area (Å²) in [6.45, 7) is 2.64. The number of allylic oxidation sites excluding steroid dienone is 1. The van der Waals surface area contributed by atoms with Gasteiger partial charge in [0.05, 0.1) is 6.10 Å². The summed E-state index contributed by atoms with van der Waals surface area (Å²) in [5, 5.41) is 12.7. The first-order valence-corrected chi connectivity index (χ1v) is 8.44. The van der Waals surface area contributed by atoms with Gasteiger partial charge in [0.15, 0.2) is 0 Å². The van der Waals surface area contributed by atoms with Gasteiger partial charge in [0.25, 0.3) is 0 Å². The summed E-state index contributed by atoms with van der Waals surface area (Å²) >= 11 is 0. The van der Waals surface area contributed by atoms with Crippen molar-refractivity contribution in [3.63, 3.8) is 0 Å². The molecule has 0 unspecified atom stereocenters. The Labute approximate surface area is 137 Å². The Kier molecular flexibility index (Phi) is 4.71. The maximum absolute atomic E-state index is 12.2. The summed E-state index contributed by atoms with van der Waals surface area (Å²) in [7, 11) is 0. The Morgan fingerprint density at radius 1 is 1.35 bits per heavy atom. The molecule has 1 aromatic carbocycles. The van der Waals surface area contributed by atoms with Crippen molar-refractivity contribution in [2.45, 2.75) is 57.8 Å². The number of aliphatic hydroxyl groups is 1. The number of fused-ring (bicyclic) bond motifs is 1. The van der Waals surface area contributed by atoms with Gasteiger partial charge in [-0.05, 0) is 37.7 Å². The number of hydrogen-bond donors (Lipinski definition) is 2. The van der Waals surface area contributed by atoms with E-state index in [1.165, 1.54) is 5.57 Å². The minimum absolute atomic E-state index is 0.106. The first kappa shape index (κ1) is 16.1. The normalized spacial score (nSPS) is 30.1. The van der Waals surface area contributed by atoms with E-state index in [1.54, 1.807) is 0 Å². The Morgan fingerprint density at radius 3 is 2.91 bits per heavy atom. The van der Waals surface area contributed by atoms with E-state index >= 15 is 0 Å². The number of hydrogen-bond acceptors (Lipinski definition) is 3. The molecule has 0 spiro atoms. The highest BCUT2D eigenvalue weighted by molar-refractivity contribution is 5.67. The molecule has 3 atom stereocenters. The first-order chi connectivity index (χ1) is 11.1. The highest BCUT2D eigenvalue weighted by Crippen LogP contribution is 2.48. The van der Waals surface area contributed by atoms with Crippen molar-refractivity contribution in [2.24, 2.45) is 5.41 Å². The molecule has 23 heavy (non-hydrogen) atoms. The van der Waals surface area contributed by atoms with Crippen molar-refractivity contribution < 1.29 is 14.6 Å². The van der Waals surface area contributed by atoms with E-state index in [-0.39, 0.29) is 23.7 Å². The zero-order chi connectivity index (χ0) is 16.3. The molecular weight excluding hydrogens is 290 g/mol. The number of carbonyl (C=O) groups excluding carboxylic acids is 1. The van der Waals surface area contributed by atoms with Crippen molar-refractivity contribution in [1.29, 1.82) is 0 Å². The summed E-state index contributed by atoms with van der Waals surface area (Å²) in [6, 6.07) is 9.82. The lowest BCUT2D eigenvalue weighted by atomic mass is 9.64. The molecule has 0 saturated heterocycles. The molecule has 1 fully saturated rings. The van der Waals surface area contributed by atoms with Crippen LogP contribution in [0.3, 0.4) is 0 Å². The van der Waals surface area contributed by atoms with Crippen LogP contribution in [0.15, 0.2) is 42.0 Å². The van der Waals surface area contributed by atoms with Gasteiger partial charge in [0.1, 0.15) is 6.10 Å². The minimum Gasteiger partial charge on any atom is -0.445 e. The maximum Gasteiger partial charge on any atom is 0.407 e. The highest BCUT2D eigenvalue weighted by Gasteiger charge is 2.44. The molecule has 3 rings (SSSR count). The molecule has 4 heteroatoms. The molecule has 1 aromatic rings. The van der Waals surface area contributed by atoms with E-state index in [4.69, 9.17) is 4.74 Å². The van der Waals surface area contributed by atoms with E-state index in [1.807, 2.05) is 30.3 Å². The van der Waals surface area contributed by atoms with Crippen LogP contribution in [0, 0.1) is 5.41 Å². The Balaban J connectivity index is 1.59. The van der Waals surface area contributed by atoms with Gasteiger partial charge < -0.3 is 15.2 Å². The topological polar surface area (TPSA) is 58.6 Å². The number of carbonyl (C=O) groups is 1. The van der Waals surface area contributed by atoms with Gasteiger partial charge in [0.2, 0.25) is 0 Å². The van der Waals surface area contributed by atoms with Crippen molar-refractivity contribution >= 4 is 6.09 Å². The number of ether oxygens (including phenoxy) is 1. The maximum atomic E-state index is 12.2. The lowest BCUT2D eigenvalue weighted by Crippen LogP contribution is -2.45. The van der Waals surface area contributed by atoms with Crippen LogP contribution in [-0.2, 0) is 11.3 Å². The second kappa shape index (κ2) is 6.75. The van der Waals surface area contributed by atoms with Crippen LogP contribution < -0.4 is 5.32 Å². The van der Waals surface area contributed by atoms with Crippen LogP contribution in [0.25, 0.3) is 0 Å². The molecule has 2 N–H and O–H groups in total. The molecule has 0 aliphatic heterocycles. The standard InChI is InChI=1S/C19H25NO3/c1-19-11-10-16(21)12-15(19)8-5-9-17(19)23-18(22)20-13-14-6-3-2-4-7-14/h2-4,6-8,16-17,21H,5,9-13H2,1H3,(H,20,22)/t16-,17-,19-/m0/s1. The molecule has 1 saturated carbocycles. The monoisotopic (exact) mass is 315 g/mol. The number of alkyl carbamates (subject to hydrolysis) is 1. The minimum atomic E-state index is -0.354. The van der Waals surface area contributed by atoms with Crippen LogP contribution in [0.2, 0.25) is 0 Å². The van der Waals surface area contributed by atoms with Gasteiger partial charge >= 0.3 is 6.09 Å². The van der Waals surface area contributed by atoms with Gasteiger partial charge in [-0.1, -0.05) is 48.9 Å².